The Morgan fingerprint density at radius 2 is 2.15 bits per heavy atom. The van der Waals surface area contributed by atoms with Crippen LogP contribution in [0.1, 0.15) is 25.5 Å². The highest BCUT2D eigenvalue weighted by Gasteiger charge is 2.34. The first-order valence-corrected chi connectivity index (χ1v) is 7.36. The number of aliphatic hydroxyl groups excluding tert-OH is 1. The number of anilines is 2. The molecule has 20 heavy (non-hydrogen) atoms. The minimum atomic E-state index is -0.287. The SMILES string of the molecule is CCCn1nc(C)c(N)c1N1CC(O)CC1CN(C)C. The van der Waals surface area contributed by atoms with Gasteiger partial charge in [0.15, 0.2) is 5.82 Å². The van der Waals surface area contributed by atoms with E-state index < -0.39 is 0 Å². The predicted octanol–water partition coefficient (Wildman–Crippen LogP) is 0.685. The second-order valence-corrected chi connectivity index (χ2v) is 6.00. The van der Waals surface area contributed by atoms with Gasteiger partial charge in [-0.15, -0.1) is 0 Å². The number of β-amino-alcohol motifs (C(OH)–C–C–N with tert-alkyl or cyclic N) is 1. The Bertz CT molecular complexity index is 457. The average molecular weight is 281 g/mol. The van der Waals surface area contributed by atoms with Crippen molar-refractivity contribution in [1.82, 2.24) is 14.7 Å². The molecule has 0 aliphatic carbocycles. The molecule has 0 saturated carbocycles. The zero-order valence-electron chi connectivity index (χ0n) is 13.0. The van der Waals surface area contributed by atoms with Crippen LogP contribution in [0.25, 0.3) is 0 Å². The van der Waals surface area contributed by atoms with Crippen molar-refractivity contribution in [3.8, 4) is 0 Å². The summed E-state index contributed by atoms with van der Waals surface area (Å²) >= 11 is 0. The number of nitrogens with zero attached hydrogens (tertiary/aromatic N) is 4. The number of rotatable bonds is 5. The number of nitrogen functional groups attached to an aromatic ring is 1. The quantitative estimate of drug-likeness (QED) is 0.831. The number of aromatic nitrogens is 2. The Morgan fingerprint density at radius 3 is 2.75 bits per heavy atom. The number of aliphatic hydroxyl groups is 1. The summed E-state index contributed by atoms with van der Waals surface area (Å²) in [5.41, 5.74) is 7.85. The van der Waals surface area contributed by atoms with Crippen molar-refractivity contribution in [2.45, 2.75) is 45.4 Å². The second-order valence-electron chi connectivity index (χ2n) is 6.00. The van der Waals surface area contributed by atoms with Crippen molar-refractivity contribution in [2.24, 2.45) is 0 Å². The number of nitrogens with two attached hydrogens (primary N) is 1. The Morgan fingerprint density at radius 1 is 1.45 bits per heavy atom. The molecule has 2 heterocycles. The minimum absolute atomic E-state index is 0.286. The van der Waals surface area contributed by atoms with Crippen molar-refractivity contribution < 1.29 is 5.11 Å². The fourth-order valence-electron chi connectivity index (χ4n) is 3.00. The lowest BCUT2D eigenvalue weighted by Crippen LogP contribution is -2.39. The molecular weight excluding hydrogens is 254 g/mol. The Labute approximate surface area is 121 Å². The van der Waals surface area contributed by atoms with Crippen molar-refractivity contribution in [3.05, 3.63) is 5.69 Å². The molecule has 0 aromatic carbocycles. The van der Waals surface area contributed by atoms with Gasteiger partial charge in [0.25, 0.3) is 0 Å². The van der Waals surface area contributed by atoms with E-state index in [1.807, 2.05) is 11.6 Å². The smallest absolute Gasteiger partial charge is 0.151 e. The van der Waals surface area contributed by atoms with Gasteiger partial charge in [0.1, 0.15) is 0 Å². The van der Waals surface area contributed by atoms with Crippen LogP contribution >= 0.6 is 0 Å². The van der Waals surface area contributed by atoms with Crippen LogP contribution in [-0.2, 0) is 6.54 Å². The van der Waals surface area contributed by atoms with Crippen LogP contribution in [0, 0.1) is 6.92 Å². The molecule has 1 aliphatic heterocycles. The average Bonchev–Trinajstić information content (AvgIpc) is 2.81. The molecule has 6 nitrogen and oxygen atoms in total. The van der Waals surface area contributed by atoms with Gasteiger partial charge in [0.2, 0.25) is 0 Å². The van der Waals surface area contributed by atoms with Crippen LogP contribution in [0.2, 0.25) is 0 Å². The van der Waals surface area contributed by atoms with Gasteiger partial charge in [0, 0.05) is 25.7 Å². The maximum absolute atomic E-state index is 10.0. The van der Waals surface area contributed by atoms with Crippen molar-refractivity contribution in [1.29, 1.82) is 0 Å². The lowest BCUT2D eigenvalue weighted by atomic mass is 10.2. The summed E-state index contributed by atoms with van der Waals surface area (Å²) in [5, 5.41) is 14.6. The molecule has 2 rings (SSSR count). The number of likely N-dealkylation sites (N-methyl/N-ethyl adjacent to an activating group) is 1. The highest BCUT2D eigenvalue weighted by atomic mass is 16.3. The lowest BCUT2D eigenvalue weighted by Gasteiger charge is -2.29. The van der Waals surface area contributed by atoms with Gasteiger partial charge in [-0.05, 0) is 33.9 Å². The standard InChI is InChI=1S/C14H27N5O/c1-5-6-19-14(13(15)10(2)16-19)18-9-12(20)7-11(18)8-17(3)4/h11-12,20H,5-9,15H2,1-4H3. The molecule has 0 radical (unpaired) electrons. The third kappa shape index (κ3) is 2.91. The van der Waals surface area contributed by atoms with E-state index in [1.165, 1.54) is 0 Å². The van der Waals surface area contributed by atoms with Gasteiger partial charge in [-0.2, -0.15) is 5.10 Å². The molecule has 0 amide bonds. The molecule has 3 N–H and O–H groups in total. The summed E-state index contributed by atoms with van der Waals surface area (Å²) in [6.45, 7) is 6.48. The first-order valence-electron chi connectivity index (χ1n) is 7.36. The van der Waals surface area contributed by atoms with E-state index in [0.717, 1.165) is 43.1 Å². The second kappa shape index (κ2) is 6.01. The third-order valence-corrected chi connectivity index (χ3v) is 3.82. The van der Waals surface area contributed by atoms with Crippen LogP contribution in [-0.4, -0.2) is 59.1 Å². The maximum Gasteiger partial charge on any atom is 0.151 e. The van der Waals surface area contributed by atoms with Gasteiger partial charge < -0.3 is 20.6 Å². The Balaban J connectivity index is 2.32. The van der Waals surface area contributed by atoms with Crippen LogP contribution in [0.5, 0.6) is 0 Å². The highest BCUT2D eigenvalue weighted by Crippen LogP contribution is 2.33. The van der Waals surface area contributed by atoms with Crippen LogP contribution in [0.15, 0.2) is 0 Å². The van der Waals surface area contributed by atoms with Gasteiger partial charge >= 0.3 is 0 Å². The topological polar surface area (TPSA) is 70.5 Å². The molecule has 2 atom stereocenters. The summed E-state index contributed by atoms with van der Waals surface area (Å²) in [7, 11) is 4.11. The zero-order valence-corrected chi connectivity index (χ0v) is 13.0. The number of aryl methyl sites for hydroxylation is 2. The molecule has 1 saturated heterocycles. The van der Waals surface area contributed by atoms with Gasteiger partial charge in [0.05, 0.1) is 17.5 Å². The molecule has 6 heteroatoms. The number of hydrogen-bond acceptors (Lipinski definition) is 5. The Hall–Kier alpha value is -1.27. The predicted molar refractivity (Wildman–Crippen MR) is 82.0 cm³/mol. The fourth-order valence-corrected chi connectivity index (χ4v) is 3.00. The van der Waals surface area contributed by atoms with E-state index in [2.05, 4.69) is 35.9 Å². The Kier molecular flexibility index (Phi) is 4.55. The van der Waals surface area contributed by atoms with Gasteiger partial charge in [-0.1, -0.05) is 6.92 Å². The summed E-state index contributed by atoms with van der Waals surface area (Å²) in [6.07, 6.45) is 1.51. The summed E-state index contributed by atoms with van der Waals surface area (Å²) in [6, 6.07) is 0.286. The normalized spacial score (nSPS) is 23.0. The van der Waals surface area contributed by atoms with E-state index in [9.17, 15) is 5.11 Å². The summed E-state index contributed by atoms with van der Waals surface area (Å²) in [4.78, 5) is 4.38. The monoisotopic (exact) mass is 281 g/mol. The third-order valence-electron chi connectivity index (χ3n) is 3.82. The van der Waals surface area contributed by atoms with Crippen molar-refractivity contribution in [3.63, 3.8) is 0 Å². The van der Waals surface area contributed by atoms with E-state index in [4.69, 9.17) is 5.73 Å². The number of hydrogen-bond donors (Lipinski definition) is 2. The van der Waals surface area contributed by atoms with Crippen molar-refractivity contribution in [2.75, 3.05) is 37.8 Å². The molecular formula is C14H27N5O. The van der Waals surface area contributed by atoms with Crippen LogP contribution < -0.4 is 10.6 Å². The molecule has 1 fully saturated rings. The first kappa shape index (κ1) is 15.1. The lowest BCUT2D eigenvalue weighted by molar-refractivity contribution is 0.191. The zero-order chi connectivity index (χ0) is 14.9. The molecule has 0 bridgehead atoms. The molecule has 114 valence electrons. The van der Waals surface area contributed by atoms with E-state index >= 15 is 0 Å². The molecule has 1 aromatic heterocycles. The molecule has 1 aliphatic rings. The summed E-state index contributed by atoms with van der Waals surface area (Å²) < 4.78 is 1.99. The van der Waals surface area contributed by atoms with E-state index in [0.29, 0.717) is 6.54 Å². The minimum Gasteiger partial charge on any atom is -0.394 e. The highest BCUT2D eigenvalue weighted by molar-refractivity contribution is 5.67. The van der Waals surface area contributed by atoms with Crippen LogP contribution in [0.3, 0.4) is 0 Å². The van der Waals surface area contributed by atoms with E-state index in [-0.39, 0.29) is 12.1 Å². The molecule has 2 unspecified atom stereocenters. The van der Waals surface area contributed by atoms with Gasteiger partial charge in [-0.3, -0.25) is 0 Å². The first-order chi connectivity index (χ1) is 9.43. The van der Waals surface area contributed by atoms with E-state index in [1.54, 1.807) is 0 Å². The van der Waals surface area contributed by atoms with Crippen molar-refractivity contribution >= 4 is 11.5 Å². The fraction of sp³-hybridized carbons (Fsp3) is 0.786. The van der Waals surface area contributed by atoms with Gasteiger partial charge in [-0.25, -0.2) is 4.68 Å². The maximum atomic E-state index is 10.0. The summed E-state index contributed by atoms with van der Waals surface area (Å²) in [5.74, 6) is 0.979. The molecule has 1 aromatic rings. The molecule has 0 spiro atoms. The van der Waals surface area contributed by atoms with Crippen LogP contribution in [0.4, 0.5) is 11.5 Å². The largest absolute Gasteiger partial charge is 0.394 e.